The smallest absolute Gasteiger partial charge is 0.260 e. The highest BCUT2D eigenvalue weighted by atomic mass is 32.2. The Kier molecular flexibility index (Phi) is 6.40. The van der Waals surface area contributed by atoms with Crippen LogP contribution in [0.3, 0.4) is 0 Å². The summed E-state index contributed by atoms with van der Waals surface area (Å²) in [6.07, 6.45) is 0.503. The summed E-state index contributed by atoms with van der Waals surface area (Å²) in [4.78, 5) is 18.9. The van der Waals surface area contributed by atoms with Crippen LogP contribution < -0.4 is 4.74 Å². The van der Waals surface area contributed by atoms with Gasteiger partial charge in [0.05, 0.1) is 11.5 Å². The van der Waals surface area contributed by atoms with Crippen molar-refractivity contribution in [2.24, 2.45) is 5.92 Å². The van der Waals surface area contributed by atoms with Crippen molar-refractivity contribution in [3.8, 4) is 16.3 Å². The lowest BCUT2D eigenvalue weighted by Gasteiger charge is -2.29. The maximum absolute atomic E-state index is 12.7. The fourth-order valence-electron chi connectivity index (χ4n) is 3.28. The van der Waals surface area contributed by atoms with E-state index in [0.29, 0.717) is 18.7 Å². The van der Waals surface area contributed by atoms with Gasteiger partial charge in [-0.25, -0.2) is 13.4 Å². The zero-order valence-electron chi connectivity index (χ0n) is 16.4. The zero-order valence-corrected chi connectivity index (χ0v) is 18.1. The molecule has 0 unspecified atom stereocenters. The third-order valence-electron chi connectivity index (χ3n) is 4.61. The molecule has 1 aromatic carbocycles. The molecule has 1 fully saturated rings. The SMILES string of the molecule is Cc1csc(-c2ccc(OCC(=O)N(CC(C)C)[C@@H]3CCS(=O)(=O)C3)cc2)n1. The predicted octanol–water partition coefficient (Wildman–Crippen LogP) is 3.17. The number of hydrogen-bond acceptors (Lipinski definition) is 6. The Bertz CT molecular complexity index is 920. The highest BCUT2D eigenvalue weighted by Crippen LogP contribution is 2.26. The van der Waals surface area contributed by atoms with Gasteiger partial charge in [0.1, 0.15) is 10.8 Å². The molecule has 1 atom stereocenters. The Balaban J connectivity index is 1.62. The molecule has 2 aromatic rings. The van der Waals surface area contributed by atoms with Crippen LogP contribution in [-0.4, -0.2) is 54.9 Å². The first-order chi connectivity index (χ1) is 13.2. The predicted molar refractivity (Wildman–Crippen MR) is 111 cm³/mol. The van der Waals surface area contributed by atoms with Crippen molar-refractivity contribution in [2.45, 2.75) is 33.2 Å². The molecule has 1 aliphatic rings. The molecule has 6 nitrogen and oxygen atoms in total. The summed E-state index contributed by atoms with van der Waals surface area (Å²) in [6, 6.07) is 7.25. The van der Waals surface area contributed by atoms with Crippen LogP contribution in [0.1, 0.15) is 26.0 Å². The third kappa shape index (κ3) is 5.32. The summed E-state index contributed by atoms with van der Waals surface area (Å²) in [7, 11) is -3.05. The topological polar surface area (TPSA) is 76.6 Å². The van der Waals surface area contributed by atoms with E-state index in [1.54, 1.807) is 16.2 Å². The second kappa shape index (κ2) is 8.61. The molecule has 0 radical (unpaired) electrons. The van der Waals surface area contributed by atoms with Gasteiger partial charge < -0.3 is 9.64 Å². The molecule has 152 valence electrons. The van der Waals surface area contributed by atoms with Gasteiger partial charge in [-0.3, -0.25) is 4.79 Å². The summed E-state index contributed by atoms with van der Waals surface area (Å²) in [6.45, 7) is 6.43. The highest BCUT2D eigenvalue weighted by Gasteiger charge is 2.34. The summed E-state index contributed by atoms with van der Waals surface area (Å²) >= 11 is 1.59. The molecule has 1 amide bonds. The van der Waals surface area contributed by atoms with Crippen molar-refractivity contribution in [1.82, 2.24) is 9.88 Å². The van der Waals surface area contributed by atoms with Crippen molar-refractivity contribution in [1.29, 1.82) is 0 Å². The molecule has 0 spiro atoms. The molecule has 3 rings (SSSR count). The number of aromatic nitrogens is 1. The van der Waals surface area contributed by atoms with E-state index in [4.69, 9.17) is 4.74 Å². The van der Waals surface area contributed by atoms with E-state index in [2.05, 4.69) is 4.98 Å². The van der Waals surface area contributed by atoms with Gasteiger partial charge in [0.15, 0.2) is 16.4 Å². The average molecular weight is 423 g/mol. The van der Waals surface area contributed by atoms with Crippen molar-refractivity contribution in [3.05, 3.63) is 35.3 Å². The van der Waals surface area contributed by atoms with Gasteiger partial charge in [0.25, 0.3) is 5.91 Å². The lowest BCUT2D eigenvalue weighted by atomic mass is 10.1. The van der Waals surface area contributed by atoms with Gasteiger partial charge in [-0.15, -0.1) is 11.3 Å². The van der Waals surface area contributed by atoms with Crippen LogP contribution in [0.5, 0.6) is 5.75 Å². The van der Waals surface area contributed by atoms with E-state index in [0.717, 1.165) is 16.3 Å². The van der Waals surface area contributed by atoms with Crippen LogP contribution in [0.2, 0.25) is 0 Å². The van der Waals surface area contributed by atoms with Gasteiger partial charge in [0.2, 0.25) is 0 Å². The summed E-state index contributed by atoms with van der Waals surface area (Å²) in [5.74, 6) is 0.892. The van der Waals surface area contributed by atoms with E-state index in [-0.39, 0.29) is 36.0 Å². The average Bonchev–Trinajstić information content (AvgIpc) is 3.23. The van der Waals surface area contributed by atoms with E-state index < -0.39 is 9.84 Å². The molecule has 1 aromatic heterocycles. The highest BCUT2D eigenvalue weighted by molar-refractivity contribution is 7.91. The Morgan fingerprint density at radius 3 is 2.57 bits per heavy atom. The number of nitrogens with zero attached hydrogens (tertiary/aromatic N) is 2. The number of rotatable bonds is 7. The number of ether oxygens (including phenoxy) is 1. The summed E-state index contributed by atoms with van der Waals surface area (Å²) in [5.41, 5.74) is 2.00. The molecule has 8 heteroatoms. The molecule has 0 aliphatic carbocycles. The van der Waals surface area contributed by atoms with Crippen molar-refractivity contribution in [3.63, 3.8) is 0 Å². The van der Waals surface area contributed by atoms with Crippen LogP contribution in [0.25, 0.3) is 10.6 Å². The van der Waals surface area contributed by atoms with Gasteiger partial charge in [-0.2, -0.15) is 0 Å². The zero-order chi connectivity index (χ0) is 20.3. The lowest BCUT2D eigenvalue weighted by molar-refractivity contribution is -0.135. The van der Waals surface area contributed by atoms with E-state index in [1.807, 2.05) is 50.4 Å². The van der Waals surface area contributed by atoms with Gasteiger partial charge >= 0.3 is 0 Å². The second-order valence-electron chi connectivity index (χ2n) is 7.60. The number of thiazole rings is 1. The summed E-state index contributed by atoms with van der Waals surface area (Å²) < 4.78 is 29.3. The minimum Gasteiger partial charge on any atom is -0.484 e. The van der Waals surface area contributed by atoms with E-state index in [9.17, 15) is 13.2 Å². The molecule has 0 bridgehead atoms. The monoisotopic (exact) mass is 422 g/mol. The molecule has 1 aliphatic heterocycles. The number of aryl methyl sites for hydroxylation is 1. The maximum Gasteiger partial charge on any atom is 0.260 e. The molecule has 1 saturated heterocycles. The number of hydrogen-bond donors (Lipinski definition) is 0. The number of benzene rings is 1. The Morgan fingerprint density at radius 2 is 2.04 bits per heavy atom. The number of amides is 1. The van der Waals surface area contributed by atoms with Crippen molar-refractivity contribution >= 4 is 27.1 Å². The van der Waals surface area contributed by atoms with E-state index in [1.165, 1.54) is 0 Å². The molecule has 28 heavy (non-hydrogen) atoms. The lowest BCUT2D eigenvalue weighted by Crippen LogP contribution is -2.45. The molecule has 0 N–H and O–H groups in total. The Labute approximate surface area is 170 Å². The summed E-state index contributed by atoms with van der Waals surface area (Å²) in [5, 5.41) is 2.95. The molecular formula is C20H26N2O4S2. The normalized spacial score (nSPS) is 18.4. The maximum atomic E-state index is 12.7. The standard InChI is InChI=1S/C20H26N2O4S2/c1-14(2)10-22(17-8-9-28(24,25)13-17)19(23)11-26-18-6-4-16(5-7-18)20-21-15(3)12-27-20/h4-7,12,14,17H,8-11,13H2,1-3H3/t17-/m1/s1. The molecule has 0 saturated carbocycles. The van der Waals surface area contributed by atoms with Crippen molar-refractivity contribution in [2.75, 3.05) is 24.7 Å². The van der Waals surface area contributed by atoms with Crippen LogP contribution in [-0.2, 0) is 14.6 Å². The third-order valence-corrected chi connectivity index (χ3v) is 7.37. The number of carbonyl (C=O) groups excluding carboxylic acids is 1. The number of sulfone groups is 1. The first kappa shape index (κ1) is 20.8. The second-order valence-corrected chi connectivity index (χ2v) is 10.7. The largest absolute Gasteiger partial charge is 0.484 e. The first-order valence-corrected chi connectivity index (χ1v) is 12.1. The quantitative estimate of drug-likeness (QED) is 0.685. The fraction of sp³-hybridized carbons (Fsp3) is 0.500. The minimum atomic E-state index is -3.05. The first-order valence-electron chi connectivity index (χ1n) is 9.39. The van der Waals surface area contributed by atoms with Crippen molar-refractivity contribution < 1.29 is 17.9 Å². The molecular weight excluding hydrogens is 396 g/mol. The van der Waals surface area contributed by atoms with Crippen LogP contribution >= 0.6 is 11.3 Å². The fourth-order valence-corrected chi connectivity index (χ4v) is 5.81. The van der Waals surface area contributed by atoms with E-state index >= 15 is 0 Å². The van der Waals surface area contributed by atoms with Gasteiger partial charge in [0, 0.05) is 29.2 Å². The van der Waals surface area contributed by atoms with Crippen LogP contribution in [0.4, 0.5) is 0 Å². The van der Waals surface area contributed by atoms with Crippen LogP contribution in [0, 0.1) is 12.8 Å². The van der Waals surface area contributed by atoms with Gasteiger partial charge in [-0.1, -0.05) is 13.8 Å². The molecule has 2 heterocycles. The van der Waals surface area contributed by atoms with Gasteiger partial charge in [-0.05, 0) is 43.5 Å². The Hall–Kier alpha value is -1.93. The Morgan fingerprint density at radius 1 is 1.32 bits per heavy atom. The number of carbonyl (C=O) groups is 1. The van der Waals surface area contributed by atoms with Crippen LogP contribution in [0.15, 0.2) is 29.6 Å². The minimum absolute atomic E-state index is 0.0490.